The number of hydrogen-bond donors (Lipinski definition) is 2. The van der Waals surface area contributed by atoms with Gasteiger partial charge in [0.1, 0.15) is 0 Å². The second kappa shape index (κ2) is 4.77. The molecule has 76 valence electrons. The zero-order chi connectivity index (χ0) is 10.6. The fourth-order valence-electron chi connectivity index (χ4n) is 1.42. The third-order valence-corrected chi connectivity index (χ3v) is 2.25. The summed E-state index contributed by atoms with van der Waals surface area (Å²) in [6.45, 7) is 2.33. The van der Waals surface area contributed by atoms with E-state index >= 15 is 0 Å². The van der Waals surface area contributed by atoms with Crippen molar-refractivity contribution in [2.75, 3.05) is 6.54 Å². The maximum atomic E-state index is 11.0. The molecule has 4 N–H and O–H groups in total. The Kier molecular flexibility index (Phi) is 3.65. The molecule has 0 saturated heterocycles. The number of aryl methyl sites for hydroxylation is 1. The smallest absolute Gasteiger partial charge is 0.222 e. The average Bonchev–Trinajstić information content (AvgIpc) is 2.14. The Labute approximate surface area is 84.1 Å². The van der Waals surface area contributed by atoms with E-state index < -0.39 is 0 Å². The molecule has 1 aromatic rings. The van der Waals surface area contributed by atoms with E-state index in [9.17, 15) is 4.79 Å². The highest BCUT2D eigenvalue weighted by Gasteiger charge is 2.13. The Morgan fingerprint density at radius 2 is 2.21 bits per heavy atom. The zero-order valence-corrected chi connectivity index (χ0v) is 8.36. The van der Waals surface area contributed by atoms with E-state index in [-0.39, 0.29) is 11.8 Å². The van der Waals surface area contributed by atoms with E-state index in [1.54, 1.807) is 0 Å². The summed E-state index contributed by atoms with van der Waals surface area (Å²) >= 11 is 0. The molecule has 1 amide bonds. The van der Waals surface area contributed by atoms with Gasteiger partial charge in [-0.25, -0.2) is 0 Å². The minimum atomic E-state index is -0.325. The van der Waals surface area contributed by atoms with Crippen LogP contribution in [-0.2, 0) is 11.2 Å². The topological polar surface area (TPSA) is 69.1 Å². The van der Waals surface area contributed by atoms with Crippen molar-refractivity contribution in [1.29, 1.82) is 0 Å². The van der Waals surface area contributed by atoms with E-state index in [0.717, 1.165) is 5.56 Å². The van der Waals surface area contributed by atoms with Crippen LogP contribution in [0.1, 0.15) is 11.1 Å². The molecule has 3 nitrogen and oxygen atoms in total. The molecule has 0 aromatic heterocycles. The molecule has 0 saturated carbocycles. The number of benzene rings is 1. The van der Waals surface area contributed by atoms with Crippen molar-refractivity contribution in [3.8, 4) is 0 Å². The molecular weight excluding hydrogens is 176 g/mol. The maximum absolute atomic E-state index is 11.0. The summed E-state index contributed by atoms with van der Waals surface area (Å²) in [4.78, 5) is 11.0. The van der Waals surface area contributed by atoms with Crippen LogP contribution in [-0.4, -0.2) is 12.5 Å². The average molecular weight is 192 g/mol. The number of primary amides is 1. The van der Waals surface area contributed by atoms with Crippen molar-refractivity contribution in [3.63, 3.8) is 0 Å². The Balaban J connectivity index is 2.72. The van der Waals surface area contributed by atoms with E-state index in [1.807, 2.05) is 31.2 Å². The van der Waals surface area contributed by atoms with Gasteiger partial charge in [-0.2, -0.15) is 0 Å². The molecule has 1 atom stereocenters. The van der Waals surface area contributed by atoms with Crippen molar-refractivity contribution in [2.45, 2.75) is 13.3 Å². The van der Waals surface area contributed by atoms with Crippen molar-refractivity contribution >= 4 is 5.91 Å². The SMILES string of the molecule is Cc1cccc(CC(CN)C(N)=O)c1. The fourth-order valence-corrected chi connectivity index (χ4v) is 1.42. The van der Waals surface area contributed by atoms with E-state index in [4.69, 9.17) is 11.5 Å². The molecular formula is C11H16N2O. The summed E-state index contributed by atoms with van der Waals surface area (Å²) in [5, 5.41) is 0. The Morgan fingerprint density at radius 3 is 2.71 bits per heavy atom. The van der Waals surface area contributed by atoms with Crippen LogP contribution >= 0.6 is 0 Å². The normalized spacial score (nSPS) is 12.4. The van der Waals surface area contributed by atoms with E-state index in [2.05, 4.69) is 0 Å². The third-order valence-electron chi connectivity index (χ3n) is 2.25. The Morgan fingerprint density at radius 1 is 1.50 bits per heavy atom. The largest absolute Gasteiger partial charge is 0.369 e. The van der Waals surface area contributed by atoms with Gasteiger partial charge in [-0.3, -0.25) is 4.79 Å². The number of hydrogen-bond acceptors (Lipinski definition) is 2. The van der Waals surface area contributed by atoms with Gasteiger partial charge >= 0.3 is 0 Å². The van der Waals surface area contributed by atoms with Crippen LogP contribution in [0.5, 0.6) is 0 Å². The molecule has 0 aliphatic rings. The summed E-state index contributed by atoms with van der Waals surface area (Å²) in [6, 6.07) is 8.02. The first kappa shape index (κ1) is 10.7. The lowest BCUT2D eigenvalue weighted by atomic mass is 9.98. The molecule has 1 rings (SSSR count). The first-order chi connectivity index (χ1) is 6.63. The molecule has 0 fully saturated rings. The Hall–Kier alpha value is -1.35. The summed E-state index contributed by atoms with van der Waals surface area (Å²) in [5.74, 6) is -0.578. The third kappa shape index (κ3) is 2.85. The summed E-state index contributed by atoms with van der Waals surface area (Å²) in [6.07, 6.45) is 0.632. The first-order valence-electron chi connectivity index (χ1n) is 4.68. The van der Waals surface area contributed by atoms with Crippen LogP contribution in [0.4, 0.5) is 0 Å². The number of nitrogens with two attached hydrogens (primary N) is 2. The van der Waals surface area contributed by atoms with Crippen LogP contribution in [0.15, 0.2) is 24.3 Å². The molecule has 0 spiro atoms. The second-order valence-electron chi connectivity index (χ2n) is 3.53. The monoisotopic (exact) mass is 192 g/mol. The van der Waals surface area contributed by atoms with Gasteiger partial charge in [0.15, 0.2) is 0 Å². The van der Waals surface area contributed by atoms with Gasteiger partial charge in [0.05, 0.1) is 5.92 Å². The summed E-state index contributed by atoms with van der Waals surface area (Å²) < 4.78 is 0. The highest BCUT2D eigenvalue weighted by Crippen LogP contribution is 2.09. The predicted octanol–water partition coefficient (Wildman–Crippen LogP) is 0.598. The highest BCUT2D eigenvalue weighted by atomic mass is 16.1. The molecule has 0 aliphatic heterocycles. The van der Waals surface area contributed by atoms with Crippen molar-refractivity contribution in [1.82, 2.24) is 0 Å². The van der Waals surface area contributed by atoms with Gasteiger partial charge < -0.3 is 11.5 Å². The van der Waals surface area contributed by atoms with Gasteiger partial charge in [-0.15, -0.1) is 0 Å². The number of carbonyl (C=O) groups is 1. The van der Waals surface area contributed by atoms with Crippen LogP contribution in [0, 0.1) is 12.8 Å². The standard InChI is InChI=1S/C11H16N2O/c1-8-3-2-4-9(5-8)6-10(7-12)11(13)14/h2-5,10H,6-7,12H2,1H3,(H2,13,14). The van der Waals surface area contributed by atoms with E-state index in [1.165, 1.54) is 5.56 Å². The van der Waals surface area contributed by atoms with Gasteiger partial charge in [-0.1, -0.05) is 29.8 Å². The van der Waals surface area contributed by atoms with Crippen LogP contribution in [0.2, 0.25) is 0 Å². The van der Waals surface area contributed by atoms with Crippen LogP contribution in [0.25, 0.3) is 0 Å². The van der Waals surface area contributed by atoms with Crippen molar-refractivity contribution in [3.05, 3.63) is 35.4 Å². The molecule has 3 heteroatoms. The van der Waals surface area contributed by atoms with E-state index in [0.29, 0.717) is 13.0 Å². The number of carbonyl (C=O) groups excluding carboxylic acids is 1. The van der Waals surface area contributed by atoms with Gasteiger partial charge in [0.2, 0.25) is 5.91 Å². The van der Waals surface area contributed by atoms with Gasteiger partial charge in [0.25, 0.3) is 0 Å². The molecule has 14 heavy (non-hydrogen) atoms. The fraction of sp³-hybridized carbons (Fsp3) is 0.364. The Bertz CT molecular complexity index is 323. The quantitative estimate of drug-likeness (QED) is 0.733. The lowest BCUT2D eigenvalue weighted by Crippen LogP contribution is -2.31. The minimum absolute atomic E-state index is 0.253. The molecule has 0 radical (unpaired) electrons. The molecule has 1 unspecified atom stereocenters. The molecule has 0 bridgehead atoms. The predicted molar refractivity (Wildman–Crippen MR) is 56.6 cm³/mol. The maximum Gasteiger partial charge on any atom is 0.222 e. The molecule has 1 aromatic carbocycles. The van der Waals surface area contributed by atoms with Gasteiger partial charge in [-0.05, 0) is 18.9 Å². The van der Waals surface area contributed by atoms with Crippen LogP contribution < -0.4 is 11.5 Å². The summed E-state index contributed by atoms with van der Waals surface area (Å²) in [5.41, 5.74) is 13.0. The first-order valence-corrected chi connectivity index (χ1v) is 4.68. The van der Waals surface area contributed by atoms with Crippen LogP contribution in [0.3, 0.4) is 0 Å². The highest BCUT2D eigenvalue weighted by molar-refractivity contribution is 5.77. The molecule has 0 aliphatic carbocycles. The lowest BCUT2D eigenvalue weighted by molar-refractivity contribution is -0.121. The number of amides is 1. The lowest BCUT2D eigenvalue weighted by Gasteiger charge is -2.10. The summed E-state index contributed by atoms with van der Waals surface area (Å²) in [7, 11) is 0. The van der Waals surface area contributed by atoms with Crippen molar-refractivity contribution < 1.29 is 4.79 Å². The number of rotatable bonds is 4. The second-order valence-corrected chi connectivity index (χ2v) is 3.53. The molecule has 0 heterocycles. The van der Waals surface area contributed by atoms with Gasteiger partial charge in [0, 0.05) is 6.54 Å². The van der Waals surface area contributed by atoms with Crippen molar-refractivity contribution in [2.24, 2.45) is 17.4 Å². The zero-order valence-electron chi connectivity index (χ0n) is 8.36. The minimum Gasteiger partial charge on any atom is -0.369 e.